The molecule has 120 valence electrons. The van der Waals surface area contributed by atoms with Crippen LogP contribution in [0.3, 0.4) is 0 Å². The summed E-state index contributed by atoms with van der Waals surface area (Å²) in [6, 6.07) is 4.26. The summed E-state index contributed by atoms with van der Waals surface area (Å²) in [5.74, 6) is -0.257. The van der Waals surface area contributed by atoms with Gasteiger partial charge < -0.3 is 10.1 Å². The molecule has 2 atom stereocenters. The average Bonchev–Trinajstić information content (AvgIpc) is 2.72. The molecule has 22 heavy (non-hydrogen) atoms. The third-order valence-electron chi connectivity index (χ3n) is 4.35. The predicted octanol–water partition coefficient (Wildman–Crippen LogP) is 2.52. The zero-order valence-corrected chi connectivity index (χ0v) is 13.1. The van der Waals surface area contributed by atoms with Crippen molar-refractivity contribution in [2.45, 2.75) is 31.4 Å². The second-order valence-electron chi connectivity index (χ2n) is 5.82. The summed E-state index contributed by atoms with van der Waals surface area (Å²) in [7, 11) is 0. The van der Waals surface area contributed by atoms with Crippen LogP contribution in [-0.2, 0) is 9.53 Å². The van der Waals surface area contributed by atoms with Crippen LogP contribution in [0.2, 0.25) is 5.02 Å². The fourth-order valence-electron chi connectivity index (χ4n) is 3.17. The maximum Gasteiger partial charge on any atom is 0.237 e. The topological polar surface area (TPSA) is 41.6 Å². The Morgan fingerprint density at radius 1 is 1.36 bits per heavy atom. The molecule has 1 aromatic rings. The van der Waals surface area contributed by atoms with E-state index in [0.717, 1.165) is 37.9 Å². The van der Waals surface area contributed by atoms with E-state index in [0.29, 0.717) is 18.2 Å². The van der Waals surface area contributed by atoms with E-state index in [1.54, 1.807) is 6.07 Å². The van der Waals surface area contributed by atoms with Gasteiger partial charge in [0.25, 0.3) is 0 Å². The molecule has 0 radical (unpaired) electrons. The lowest BCUT2D eigenvalue weighted by Crippen LogP contribution is -2.51. The summed E-state index contributed by atoms with van der Waals surface area (Å²) in [6.07, 6.45) is 2.72. The molecule has 1 N–H and O–H groups in total. The fourth-order valence-corrected chi connectivity index (χ4v) is 3.46. The SMILES string of the molecule is O=C1NCCCC[C@H]1N1CCO[C@@H](c2ccc(F)cc2Cl)C1. The number of hydrogen-bond donors (Lipinski definition) is 1. The third kappa shape index (κ3) is 3.42. The van der Waals surface area contributed by atoms with E-state index < -0.39 is 0 Å². The fraction of sp³-hybridized carbons (Fsp3) is 0.562. The average molecular weight is 327 g/mol. The van der Waals surface area contributed by atoms with Crippen molar-refractivity contribution < 1.29 is 13.9 Å². The molecule has 4 nitrogen and oxygen atoms in total. The highest BCUT2D eigenvalue weighted by Crippen LogP contribution is 2.30. The Hall–Kier alpha value is -1.17. The lowest BCUT2D eigenvalue weighted by molar-refractivity contribution is -0.129. The second kappa shape index (κ2) is 6.94. The van der Waals surface area contributed by atoms with Crippen LogP contribution in [-0.4, -0.2) is 43.1 Å². The van der Waals surface area contributed by atoms with Gasteiger partial charge in [-0.2, -0.15) is 0 Å². The van der Waals surface area contributed by atoms with Gasteiger partial charge in [-0.15, -0.1) is 0 Å². The minimum absolute atomic E-state index is 0.100. The highest BCUT2D eigenvalue weighted by atomic mass is 35.5. The molecule has 2 aliphatic rings. The molecular formula is C16H20ClFN2O2. The van der Waals surface area contributed by atoms with Crippen LogP contribution in [0.5, 0.6) is 0 Å². The van der Waals surface area contributed by atoms with Crippen LogP contribution in [0.25, 0.3) is 0 Å². The summed E-state index contributed by atoms with van der Waals surface area (Å²) in [5.41, 5.74) is 0.779. The number of hydrogen-bond acceptors (Lipinski definition) is 3. The molecular weight excluding hydrogens is 307 g/mol. The van der Waals surface area contributed by atoms with Crippen LogP contribution in [0.15, 0.2) is 18.2 Å². The summed E-state index contributed by atoms with van der Waals surface area (Å²) in [5, 5.41) is 3.34. The molecule has 0 bridgehead atoms. The number of carbonyl (C=O) groups excluding carboxylic acids is 1. The summed E-state index contributed by atoms with van der Waals surface area (Å²) < 4.78 is 19.0. The van der Waals surface area contributed by atoms with Crippen LogP contribution >= 0.6 is 11.6 Å². The molecule has 2 heterocycles. The van der Waals surface area contributed by atoms with E-state index in [1.807, 2.05) is 0 Å². The monoisotopic (exact) mass is 326 g/mol. The first kappa shape index (κ1) is 15.7. The summed E-state index contributed by atoms with van der Waals surface area (Å²) in [6.45, 7) is 2.63. The molecule has 0 aromatic heterocycles. The van der Waals surface area contributed by atoms with Crippen LogP contribution in [0.1, 0.15) is 30.9 Å². The number of benzene rings is 1. The standard InChI is InChI=1S/C16H20ClFN2O2/c17-13-9-11(18)4-5-12(13)15-10-20(7-8-22-15)14-3-1-2-6-19-16(14)21/h4-5,9,14-15H,1-3,6-8,10H2,(H,19,21)/t14-,15-/m1/s1. The van der Waals surface area contributed by atoms with E-state index in [1.165, 1.54) is 12.1 Å². The largest absolute Gasteiger partial charge is 0.371 e. The van der Waals surface area contributed by atoms with E-state index in [9.17, 15) is 9.18 Å². The van der Waals surface area contributed by atoms with Gasteiger partial charge in [-0.25, -0.2) is 4.39 Å². The number of nitrogens with zero attached hydrogens (tertiary/aromatic N) is 1. The Morgan fingerprint density at radius 2 is 2.23 bits per heavy atom. The molecule has 0 unspecified atom stereocenters. The van der Waals surface area contributed by atoms with Crippen molar-refractivity contribution in [2.24, 2.45) is 0 Å². The zero-order chi connectivity index (χ0) is 15.5. The number of carbonyl (C=O) groups is 1. The molecule has 1 aromatic carbocycles. The molecule has 2 aliphatic heterocycles. The van der Waals surface area contributed by atoms with Crippen LogP contribution < -0.4 is 5.32 Å². The number of ether oxygens (including phenoxy) is 1. The minimum Gasteiger partial charge on any atom is -0.371 e. The number of rotatable bonds is 2. The second-order valence-corrected chi connectivity index (χ2v) is 6.23. The lowest BCUT2D eigenvalue weighted by atomic mass is 10.0. The smallest absolute Gasteiger partial charge is 0.237 e. The van der Waals surface area contributed by atoms with Gasteiger partial charge in [0.15, 0.2) is 0 Å². The minimum atomic E-state index is -0.357. The van der Waals surface area contributed by atoms with E-state index in [-0.39, 0.29) is 23.9 Å². The van der Waals surface area contributed by atoms with E-state index >= 15 is 0 Å². The summed E-state index contributed by atoms with van der Waals surface area (Å²) in [4.78, 5) is 14.4. The van der Waals surface area contributed by atoms with Gasteiger partial charge in [0, 0.05) is 30.2 Å². The Labute approximate surface area is 134 Å². The normalized spacial score (nSPS) is 27.3. The quantitative estimate of drug-likeness (QED) is 0.908. The zero-order valence-electron chi connectivity index (χ0n) is 12.4. The van der Waals surface area contributed by atoms with Gasteiger partial charge in [-0.05, 0) is 31.4 Å². The van der Waals surface area contributed by atoms with Crippen molar-refractivity contribution in [3.05, 3.63) is 34.6 Å². The first-order chi connectivity index (χ1) is 10.6. The molecule has 0 aliphatic carbocycles. The third-order valence-corrected chi connectivity index (χ3v) is 4.68. The first-order valence-electron chi connectivity index (χ1n) is 7.73. The molecule has 2 saturated heterocycles. The Kier molecular flexibility index (Phi) is 4.96. The first-order valence-corrected chi connectivity index (χ1v) is 8.11. The van der Waals surface area contributed by atoms with Gasteiger partial charge in [0.05, 0.1) is 18.8 Å². The predicted molar refractivity (Wildman–Crippen MR) is 82.3 cm³/mol. The van der Waals surface area contributed by atoms with Crippen molar-refractivity contribution in [2.75, 3.05) is 26.2 Å². The highest BCUT2D eigenvalue weighted by molar-refractivity contribution is 6.31. The van der Waals surface area contributed by atoms with Crippen molar-refractivity contribution in [3.8, 4) is 0 Å². The van der Waals surface area contributed by atoms with Crippen molar-refractivity contribution in [1.82, 2.24) is 10.2 Å². The van der Waals surface area contributed by atoms with E-state index in [4.69, 9.17) is 16.3 Å². The van der Waals surface area contributed by atoms with Crippen LogP contribution in [0.4, 0.5) is 4.39 Å². The van der Waals surface area contributed by atoms with Crippen molar-refractivity contribution in [1.29, 1.82) is 0 Å². The van der Waals surface area contributed by atoms with E-state index in [2.05, 4.69) is 10.2 Å². The highest BCUT2D eigenvalue weighted by Gasteiger charge is 2.32. The Balaban J connectivity index is 1.74. The molecule has 3 rings (SSSR count). The van der Waals surface area contributed by atoms with Crippen molar-refractivity contribution in [3.63, 3.8) is 0 Å². The number of amides is 1. The van der Waals surface area contributed by atoms with Gasteiger partial charge in [0.1, 0.15) is 5.82 Å². The molecule has 0 saturated carbocycles. The number of halogens is 2. The Morgan fingerprint density at radius 3 is 3.05 bits per heavy atom. The molecule has 2 fully saturated rings. The number of morpholine rings is 1. The van der Waals surface area contributed by atoms with Gasteiger partial charge in [-0.1, -0.05) is 17.7 Å². The molecule has 6 heteroatoms. The maximum atomic E-state index is 13.2. The maximum absolute atomic E-state index is 13.2. The van der Waals surface area contributed by atoms with Crippen LogP contribution in [0, 0.1) is 5.82 Å². The van der Waals surface area contributed by atoms with Gasteiger partial charge >= 0.3 is 0 Å². The molecule has 0 spiro atoms. The number of nitrogens with one attached hydrogen (secondary N) is 1. The van der Waals surface area contributed by atoms with Gasteiger partial charge in [0.2, 0.25) is 5.91 Å². The summed E-state index contributed by atoms with van der Waals surface area (Å²) >= 11 is 6.13. The van der Waals surface area contributed by atoms with Crippen molar-refractivity contribution >= 4 is 17.5 Å². The molecule has 1 amide bonds. The Bertz CT molecular complexity index is 555. The van der Waals surface area contributed by atoms with Gasteiger partial charge in [-0.3, -0.25) is 9.69 Å². The lowest BCUT2D eigenvalue weighted by Gasteiger charge is -2.37.